The maximum absolute atomic E-state index is 12.7. The van der Waals surface area contributed by atoms with Crippen LogP contribution in [0.1, 0.15) is 78.2 Å². The molecule has 0 radical (unpaired) electrons. The fourth-order valence-electron chi connectivity index (χ4n) is 4.08. The van der Waals surface area contributed by atoms with Gasteiger partial charge in [0, 0.05) is 12.3 Å². The number of ether oxygens (including phenoxy) is 1. The quantitative estimate of drug-likeness (QED) is 0.407. The number of carbonyl (C=O) groups excluding carboxylic acids is 1. The lowest BCUT2D eigenvalue weighted by molar-refractivity contribution is -0.124. The SMILES string of the molecule is CCOc1cccc(CCCC(=O)C2CCC(CS(=O)(=O)C(C)(C)CC)CC2)c1Cl. The summed E-state index contributed by atoms with van der Waals surface area (Å²) in [5, 5.41) is 0.642. The molecule has 1 saturated carbocycles. The first-order valence-corrected chi connectivity index (χ1v) is 13.3. The van der Waals surface area contributed by atoms with Crippen LogP contribution >= 0.6 is 11.6 Å². The molecule has 1 aromatic rings. The van der Waals surface area contributed by atoms with E-state index in [-0.39, 0.29) is 17.6 Å². The lowest BCUT2D eigenvalue weighted by atomic mass is 9.80. The van der Waals surface area contributed by atoms with E-state index in [1.807, 2.05) is 45.9 Å². The maximum atomic E-state index is 12.7. The van der Waals surface area contributed by atoms with Gasteiger partial charge in [-0.3, -0.25) is 4.79 Å². The Kier molecular flexibility index (Phi) is 9.23. The molecule has 0 aliphatic heterocycles. The molecule has 2 rings (SSSR count). The molecule has 30 heavy (non-hydrogen) atoms. The molecule has 1 aliphatic carbocycles. The van der Waals surface area contributed by atoms with E-state index in [1.54, 1.807) is 0 Å². The number of hydrogen-bond donors (Lipinski definition) is 0. The van der Waals surface area contributed by atoms with Crippen molar-refractivity contribution < 1.29 is 17.9 Å². The summed E-state index contributed by atoms with van der Waals surface area (Å²) in [6.45, 7) is 8.05. The summed E-state index contributed by atoms with van der Waals surface area (Å²) in [4.78, 5) is 12.7. The van der Waals surface area contributed by atoms with Gasteiger partial charge >= 0.3 is 0 Å². The van der Waals surface area contributed by atoms with Crippen LogP contribution in [0.2, 0.25) is 5.02 Å². The van der Waals surface area contributed by atoms with E-state index in [0.717, 1.165) is 44.1 Å². The Morgan fingerprint density at radius 1 is 1.17 bits per heavy atom. The largest absolute Gasteiger partial charge is 0.492 e. The molecule has 0 N–H and O–H groups in total. The van der Waals surface area contributed by atoms with Crippen molar-refractivity contribution in [2.24, 2.45) is 11.8 Å². The minimum Gasteiger partial charge on any atom is -0.492 e. The van der Waals surface area contributed by atoms with Gasteiger partial charge in [0.25, 0.3) is 0 Å². The smallest absolute Gasteiger partial charge is 0.155 e. The third kappa shape index (κ3) is 6.46. The van der Waals surface area contributed by atoms with E-state index in [0.29, 0.717) is 36.0 Å². The number of sulfone groups is 1. The van der Waals surface area contributed by atoms with Gasteiger partial charge < -0.3 is 4.74 Å². The summed E-state index contributed by atoms with van der Waals surface area (Å²) in [5.74, 6) is 1.52. The van der Waals surface area contributed by atoms with Crippen molar-refractivity contribution >= 4 is 27.2 Å². The minimum atomic E-state index is -3.11. The second-order valence-corrected chi connectivity index (χ2v) is 12.1. The number of carbonyl (C=O) groups is 1. The van der Waals surface area contributed by atoms with Gasteiger partial charge in [-0.2, -0.15) is 0 Å². The highest BCUT2D eigenvalue weighted by atomic mass is 35.5. The summed E-state index contributed by atoms with van der Waals surface area (Å²) in [6.07, 6.45) is 5.98. The van der Waals surface area contributed by atoms with Crippen LogP contribution in [0.25, 0.3) is 0 Å². The fraction of sp³-hybridized carbons (Fsp3) is 0.708. The van der Waals surface area contributed by atoms with Crippen LogP contribution in [-0.4, -0.2) is 31.3 Å². The third-order valence-corrected chi connectivity index (χ3v) is 9.97. The average molecular weight is 457 g/mol. The second-order valence-electron chi connectivity index (χ2n) is 9.09. The zero-order valence-corrected chi connectivity index (χ0v) is 20.4. The van der Waals surface area contributed by atoms with Crippen LogP contribution in [0.3, 0.4) is 0 Å². The molecule has 4 nitrogen and oxygen atoms in total. The van der Waals surface area contributed by atoms with Crippen molar-refractivity contribution in [3.63, 3.8) is 0 Å². The van der Waals surface area contributed by atoms with Gasteiger partial charge in [-0.1, -0.05) is 30.7 Å². The van der Waals surface area contributed by atoms with Crippen LogP contribution < -0.4 is 4.74 Å². The Morgan fingerprint density at radius 3 is 2.43 bits per heavy atom. The summed E-state index contributed by atoms with van der Waals surface area (Å²) in [5.41, 5.74) is 1.02. The lowest BCUT2D eigenvalue weighted by Crippen LogP contribution is -2.36. The Hall–Kier alpha value is -1.07. The highest BCUT2D eigenvalue weighted by Crippen LogP contribution is 2.34. The van der Waals surface area contributed by atoms with Crippen LogP contribution in [0.15, 0.2) is 18.2 Å². The standard InChI is InChI=1S/C24H37ClO4S/c1-5-24(3,4)30(27,28)17-18-13-15-19(16-14-18)21(26)11-7-9-20-10-8-12-22(23(20)25)29-6-2/h8,10,12,18-19H,5-7,9,11,13-17H2,1-4H3. The minimum absolute atomic E-state index is 0.0772. The van der Waals surface area contributed by atoms with E-state index in [2.05, 4.69) is 0 Å². The van der Waals surface area contributed by atoms with Gasteiger partial charge in [0.1, 0.15) is 11.5 Å². The number of halogens is 1. The molecule has 0 saturated heterocycles. The van der Waals surface area contributed by atoms with Crippen LogP contribution in [0, 0.1) is 11.8 Å². The molecule has 1 aromatic carbocycles. The molecular weight excluding hydrogens is 420 g/mol. The predicted octanol–water partition coefficient (Wildman–Crippen LogP) is 6.04. The Morgan fingerprint density at radius 2 is 1.83 bits per heavy atom. The molecule has 6 heteroatoms. The van der Waals surface area contributed by atoms with Crippen molar-refractivity contribution in [2.75, 3.05) is 12.4 Å². The molecule has 1 fully saturated rings. The Labute approximate surface area is 187 Å². The highest BCUT2D eigenvalue weighted by Gasteiger charge is 2.36. The van der Waals surface area contributed by atoms with E-state index < -0.39 is 14.6 Å². The molecule has 0 bridgehead atoms. The Balaban J connectivity index is 1.79. The number of aryl methyl sites for hydroxylation is 1. The maximum Gasteiger partial charge on any atom is 0.155 e. The first-order valence-electron chi connectivity index (χ1n) is 11.3. The molecule has 0 aromatic heterocycles. The number of hydrogen-bond acceptors (Lipinski definition) is 4. The van der Waals surface area contributed by atoms with Gasteiger partial charge in [0.05, 0.1) is 22.1 Å². The van der Waals surface area contributed by atoms with Gasteiger partial charge in [0.2, 0.25) is 0 Å². The van der Waals surface area contributed by atoms with Gasteiger partial charge in [-0.15, -0.1) is 0 Å². The molecule has 0 spiro atoms. The van der Waals surface area contributed by atoms with E-state index in [1.165, 1.54) is 0 Å². The number of Topliss-reactive ketones (excluding diaryl/α,β-unsaturated/α-hetero) is 1. The van der Waals surface area contributed by atoms with Crippen molar-refractivity contribution in [2.45, 2.75) is 83.8 Å². The second kappa shape index (κ2) is 11.0. The first kappa shape index (κ1) is 25.2. The molecule has 1 aliphatic rings. The van der Waals surface area contributed by atoms with Gasteiger partial charge in [-0.25, -0.2) is 8.42 Å². The summed E-state index contributed by atoms with van der Waals surface area (Å²) >= 11 is 6.40. The number of benzene rings is 1. The Bertz CT molecular complexity index is 808. The van der Waals surface area contributed by atoms with Crippen molar-refractivity contribution in [3.05, 3.63) is 28.8 Å². The molecule has 0 atom stereocenters. The zero-order chi connectivity index (χ0) is 22.4. The topological polar surface area (TPSA) is 60.4 Å². The third-order valence-electron chi connectivity index (χ3n) is 6.66. The highest BCUT2D eigenvalue weighted by molar-refractivity contribution is 7.92. The summed E-state index contributed by atoms with van der Waals surface area (Å²) in [6, 6.07) is 5.78. The van der Waals surface area contributed by atoms with Crippen LogP contribution in [0.4, 0.5) is 0 Å². The van der Waals surface area contributed by atoms with Crippen LogP contribution in [-0.2, 0) is 21.1 Å². The van der Waals surface area contributed by atoms with E-state index >= 15 is 0 Å². The zero-order valence-electron chi connectivity index (χ0n) is 18.9. The molecular formula is C24H37ClO4S. The summed E-state index contributed by atoms with van der Waals surface area (Å²) < 4.78 is 30.2. The van der Waals surface area contributed by atoms with Gasteiger partial charge in [0.15, 0.2) is 9.84 Å². The predicted molar refractivity (Wildman–Crippen MR) is 124 cm³/mol. The molecule has 0 heterocycles. The van der Waals surface area contributed by atoms with Crippen molar-refractivity contribution in [3.8, 4) is 5.75 Å². The normalized spacial score (nSPS) is 20.2. The van der Waals surface area contributed by atoms with E-state index in [4.69, 9.17) is 16.3 Å². The van der Waals surface area contributed by atoms with Crippen molar-refractivity contribution in [1.82, 2.24) is 0 Å². The van der Waals surface area contributed by atoms with Crippen LogP contribution in [0.5, 0.6) is 5.75 Å². The van der Waals surface area contributed by atoms with Crippen molar-refractivity contribution in [1.29, 1.82) is 0 Å². The molecule has 0 amide bonds. The fourth-order valence-corrected chi connectivity index (χ4v) is 6.20. The van der Waals surface area contributed by atoms with Gasteiger partial charge in [-0.05, 0) is 83.3 Å². The molecule has 0 unspecified atom stereocenters. The number of rotatable bonds is 11. The first-order chi connectivity index (χ1) is 14.1. The monoisotopic (exact) mass is 456 g/mol. The lowest BCUT2D eigenvalue weighted by Gasteiger charge is -2.31. The molecule has 170 valence electrons. The van der Waals surface area contributed by atoms with E-state index in [9.17, 15) is 13.2 Å². The number of ketones is 1. The summed E-state index contributed by atoms with van der Waals surface area (Å²) in [7, 11) is -3.11. The average Bonchev–Trinajstić information content (AvgIpc) is 2.71.